The van der Waals surface area contributed by atoms with E-state index in [-0.39, 0.29) is 42.1 Å². The monoisotopic (exact) mass is 499 g/mol. The lowest BCUT2D eigenvalue weighted by molar-refractivity contribution is -0.162. The van der Waals surface area contributed by atoms with Crippen molar-refractivity contribution in [3.63, 3.8) is 0 Å². The van der Waals surface area contributed by atoms with Gasteiger partial charge in [-0.15, -0.1) is 0 Å². The maximum absolute atomic E-state index is 13.9. The number of rotatable bonds is 5. The van der Waals surface area contributed by atoms with Gasteiger partial charge in [-0.3, -0.25) is 24.1 Å². The minimum absolute atomic E-state index is 0.00109. The van der Waals surface area contributed by atoms with E-state index in [1.54, 1.807) is 13.8 Å². The number of cyclic esters (lactones) is 1. The van der Waals surface area contributed by atoms with E-state index in [9.17, 15) is 24.0 Å². The van der Waals surface area contributed by atoms with Crippen LogP contribution in [0.5, 0.6) is 0 Å². The first kappa shape index (κ1) is 25.0. The SMILES string of the molecule is COCC1OC(=O)C(CN2CCCC2)=C2C(=O)C(=O)C3=C([C@H](OC(C)=O)CC4(C)C(=O)CC[C@@H]34)C21C. The van der Waals surface area contributed by atoms with E-state index in [0.29, 0.717) is 18.4 Å². The van der Waals surface area contributed by atoms with Crippen LogP contribution in [0.3, 0.4) is 0 Å². The number of Topliss-reactive ketones (excluding diaryl/α,β-unsaturated/α-hetero) is 3. The van der Waals surface area contributed by atoms with Gasteiger partial charge in [-0.05, 0) is 44.8 Å². The number of hydrogen-bond acceptors (Lipinski definition) is 9. The lowest BCUT2D eigenvalue weighted by Crippen LogP contribution is -2.59. The zero-order valence-corrected chi connectivity index (χ0v) is 21.3. The van der Waals surface area contributed by atoms with Crippen LogP contribution in [0, 0.1) is 16.7 Å². The fraction of sp³-hybridized carbons (Fsp3) is 0.667. The maximum atomic E-state index is 13.9. The minimum Gasteiger partial charge on any atom is -0.458 e. The molecule has 1 saturated heterocycles. The molecule has 3 unspecified atom stereocenters. The van der Waals surface area contributed by atoms with Gasteiger partial charge in [-0.1, -0.05) is 6.92 Å². The average Bonchev–Trinajstić information content (AvgIpc) is 3.42. The normalized spacial score (nSPS) is 36.6. The Morgan fingerprint density at radius 1 is 1.11 bits per heavy atom. The second-order valence-electron chi connectivity index (χ2n) is 11.1. The highest BCUT2D eigenvalue weighted by atomic mass is 16.6. The van der Waals surface area contributed by atoms with E-state index in [4.69, 9.17) is 14.2 Å². The van der Waals surface area contributed by atoms with E-state index in [1.807, 2.05) is 0 Å². The molecule has 194 valence electrons. The molecule has 0 spiro atoms. The number of ketones is 3. The number of esters is 2. The zero-order chi connectivity index (χ0) is 26.0. The molecule has 5 rings (SSSR count). The van der Waals surface area contributed by atoms with Crippen molar-refractivity contribution in [1.82, 2.24) is 4.90 Å². The number of fused-ring (bicyclic) bond motifs is 4. The Morgan fingerprint density at radius 2 is 1.81 bits per heavy atom. The second-order valence-corrected chi connectivity index (χ2v) is 11.1. The van der Waals surface area contributed by atoms with Crippen LogP contribution < -0.4 is 0 Å². The molecule has 2 heterocycles. The van der Waals surface area contributed by atoms with E-state index in [0.717, 1.165) is 25.9 Å². The fourth-order valence-corrected chi connectivity index (χ4v) is 7.31. The van der Waals surface area contributed by atoms with Gasteiger partial charge in [-0.25, -0.2) is 4.79 Å². The van der Waals surface area contributed by atoms with Crippen molar-refractivity contribution in [3.8, 4) is 0 Å². The lowest BCUT2D eigenvalue weighted by Gasteiger charge is -2.53. The van der Waals surface area contributed by atoms with Gasteiger partial charge in [0.25, 0.3) is 0 Å². The molecule has 0 amide bonds. The van der Waals surface area contributed by atoms with Gasteiger partial charge in [0.05, 0.1) is 17.6 Å². The molecule has 0 aromatic heterocycles. The van der Waals surface area contributed by atoms with Crippen LogP contribution in [0.15, 0.2) is 22.3 Å². The zero-order valence-electron chi connectivity index (χ0n) is 21.3. The molecule has 0 N–H and O–H groups in total. The highest BCUT2D eigenvalue weighted by molar-refractivity contribution is 6.51. The molecule has 5 aliphatic rings. The molecule has 36 heavy (non-hydrogen) atoms. The van der Waals surface area contributed by atoms with E-state index >= 15 is 0 Å². The van der Waals surface area contributed by atoms with Crippen LogP contribution in [0.25, 0.3) is 0 Å². The smallest absolute Gasteiger partial charge is 0.336 e. The standard InChI is InChI=1S/C27H33NO8/c1-14(29)35-17-11-26(2)16(7-8-18(26)30)20-22(17)27(3)19(13-34-4)36-25(33)15(12-28-9-5-6-10-28)21(27)24(32)23(20)31/h16-17,19H,5-13H2,1-4H3/t16-,17+,19?,26?,27?/m0/s1. The van der Waals surface area contributed by atoms with E-state index < -0.39 is 52.5 Å². The Morgan fingerprint density at radius 3 is 2.44 bits per heavy atom. The Balaban J connectivity index is 1.78. The van der Waals surface area contributed by atoms with Crippen molar-refractivity contribution in [2.75, 3.05) is 33.4 Å². The molecule has 5 atom stereocenters. The number of likely N-dealkylation sites (tertiary alicyclic amines) is 1. The summed E-state index contributed by atoms with van der Waals surface area (Å²) in [5.41, 5.74) is -1.07. The van der Waals surface area contributed by atoms with Gasteiger partial charge in [0.15, 0.2) is 0 Å². The number of hydrogen-bond donors (Lipinski definition) is 0. The Bertz CT molecular complexity index is 1130. The molecular formula is C27H33NO8. The summed E-state index contributed by atoms with van der Waals surface area (Å²) in [6, 6.07) is 0. The van der Waals surface area contributed by atoms with Crippen molar-refractivity contribution < 1.29 is 38.2 Å². The third kappa shape index (κ3) is 3.46. The fourth-order valence-electron chi connectivity index (χ4n) is 7.31. The Labute approximate surface area is 210 Å². The number of nitrogens with zero attached hydrogens (tertiary/aromatic N) is 1. The number of allylic oxidation sites excluding steroid dienone is 1. The Hall–Kier alpha value is -2.65. The largest absolute Gasteiger partial charge is 0.458 e. The van der Waals surface area contributed by atoms with Crippen molar-refractivity contribution in [3.05, 3.63) is 22.3 Å². The van der Waals surface area contributed by atoms with Crippen molar-refractivity contribution in [1.29, 1.82) is 0 Å². The minimum atomic E-state index is -1.23. The highest BCUT2D eigenvalue weighted by Crippen LogP contribution is 2.61. The second kappa shape index (κ2) is 8.73. The number of carbonyl (C=O) groups excluding carboxylic acids is 5. The summed E-state index contributed by atoms with van der Waals surface area (Å²) in [4.78, 5) is 68.3. The maximum Gasteiger partial charge on any atom is 0.336 e. The quantitative estimate of drug-likeness (QED) is 0.412. The molecule has 0 radical (unpaired) electrons. The van der Waals surface area contributed by atoms with Crippen LogP contribution >= 0.6 is 0 Å². The van der Waals surface area contributed by atoms with Crippen LogP contribution in [-0.4, -0.2) is 79.7 Å². The van der Waals surface area contributed by atoms with Gasteiger partial charge in [0.2, 0.25) is 11.6 Å². The third-order valence-corrected chi connectivity index (χ3v) is 9.04. The van der Waals surface area contributed by atoms with Gasteiger partial charge in [0, 0.05) is 55.9 Å². The Kier molecular flexibility index (Phi) is 6.07. The number of carbonyl (C=O) groups is 5. The van der Waals surface area contributed by atoms with Gasteiger partial charge in [-0.2, -0.15) is 0 Å². The topological polar surface area (TPSA) is 116 Å². The first-order valence-corrected chi connectivity index (χ1v) is 12.7. The molecular weight excluding hydrogens is 466 g/mol. The van der Waals surface area contributed by atoms with Crippen LogP contribution in [0.1, 0.15) is 52.9 Å². The van der Waals surface area contributed by atoms with Crippen LogP contribution in [0.4, 0.5) is 0 Å². The summed E-state index contributed by atoms with van der Waals surface area (Å²) in [7, 11) is 1.47. The van der Waals surface area contributed by atoms with Crippen molar-refractivity contribution >= 4 is 29.3 Å². The summed E-state index contributed by atoms with van der Waals surface area (Å²) >= 11 is 0. The van der Waals surface area contributed by atoms with E-state index in [2.05, 4.69) is 4.90 Å². The predicted molar refractivity (Wildman–Crippen MR) is 126 cm³/mol. The molecule has 0 bridgehead atoms. The predicted octanol–water partition coefficient (Wildman–Crippen LogP) is 1.73. The summed E-state index contributed by atoms with van der Waals surface area (Å²) in [5.74, 6) is -3.06. The summed E-state index contributed by atoms with van der Waals surface area (Å²) in [6.45, 7) is 6.65. The van der Waals surface area contributed by atoms with Gasteiger partial charge >= 0.3 is 11.9 Å². The van der Waals surface area contributed by atoms with E-state index in [1.165, 1.54) is 14.0 Å². The van der Waals surface area contributed by atoms with Gasteiger partial charge < -0.3 is 14.2 Å². The summed E-state index contributed by atoms with van der Waals surface area (Å²) in [5, 5.41) is 0. The van der Waals surface area contributed by atoms with Crippen molar-refractivity contribution in [2.45, 2.75) is 65.1 Å². The molecule has 3 aliphatic carbocycles. The molecule has 2 fully saturated rings. The number of ether oxygens (including phenoxy) is 3. The lowest BCUT2D eigenvalue weighted by atomic mass is 9.52. The van der Waals surface area contributed by atoms with Crippen molar-refractivity contribution in [2.24, 2.45) is 16.7 Å². The van der Waals surface area contributed by atoms with Gasteiger partial charge in [0.1, 0.15) is 18.0 Å². The molecule has 0 aromatic carbocycles. The molecule has 9 heteroatoms. The summed E-state index contributed by atoms with van der Waals surface area (Å²) in [6.07, 6.45) is 1.15. The first-order valence-electron chi connectivity index (χ1n) is 12.7. The highest BCUT2D eigenvalue weighted by Gasteiger charge is 2.65. The molecule has 9 nitrogen and oxygen atoms in total. The molecule has 2 aliphatic heterocycles. The third-order valence-electron chi connectivity index (χ3n) is 9.04. The molecule has 0 aromatic rings. The average molecular weight is 500 g/mol. The van der Waals surface area contributed by atoms with Crippen LogP contribution in [0.2, 0.25) is 0 Å². The first-order chi connectivity index (χ1) is 17.0. The van der Waals surface area contributed by atoms with Crippen LogP contribution in [-0.2, 0) is 38.2 Å². The molecule has 1 saturated carbocycles. The number of methoxy groups -OCH3 is 1. The summed E-state index contributed by atoms with van der Waals surface area (Å²) < 4.78 is 17.1.